The highest BCUT2D eigenvalue weighted by atomic mass is 16.1. The lowest BCUT2D eigenvalue weighted by molar-refractivity contribution is -0.116. The molecule has 3 heteroatoms. The molecule has 0 aliphatic heterocycles. The zero-order chi connectivity index (χ0) is 13.4. The number of fused-ring (bicyclic) bond motifs is 5. The average molecular weight is 262 g/mol. The minimum Gasteiger partial charge on any atom is -0.352 e. The molecule has 1 amide bonds. The predicted molar refractivity (Wildman–Crippen MR) is 76.5 cm³/mol. The van der Waals surface area contributed by atoms with Gasteiger partial charge in [-0.3, -0.25) is 4.79 Å². The first-order valence-corrected chi connectivity index (χ1v) is 7.79. The second kappa shape index (κ2) is 5.28. The quantitative estimate of drug-likeness (QED) is 0.742. The molecule has 0 radical (unpaired) electrons. The van der Waals surface area contributed by atoms with E-state index in [0.29, 0.717) is 0 Å². The zero-order valence-corrected chi connectivity index (χ0v) is 11.9. The third-order valence-corrected chi connectivity index (χ3v) is 5.98. The van der Waals surface area contributed by atoms with Crippen LogP contribution in [0, 0.1) is 35.5 Å². The van der Waals surface area contributed by atoms with E-state index in [1.165, 1.54) is 38.3 Å². The van der Waals surface area contributed by atoms with E-state index in [2.05, 4.69) is 24.3 Å². The third kappa shape index (κ3) is 2.22. The topological polar surface area (TPSA) is 41.1 Å². The van der Waals surface area contributed by atoms with Gasteiger partial charge < -0.3 is 10.6 Å². The average Bonchev–Trinajstić information content (AvgIpc) is 3.08. The largest absolute Gasteiger partial charge is 0.352 e. The highest BCUT2D eigenvalue weighted by Crippen LogP contribution is 2.62. The normalized spacial score (nSPS) is 43.2. The van der Waals surface area contributed by atoms with Crippen molar-refractivity contribution >= 4 is 5.91 Å². The number of carbonyl (C=O) groups is 1. The Morgan fingerprint density at radius 2 is 2.05 bits per heavy atom. The van der Waals surface area contributed by atoms with Crippen molar-refractivity contribution in [2.75, 3.05) is 20.1 Å². The summed E-state index contributed by atoms with van der Waals surface area (Å²) in [5.41, 5.74) is 0. The smallest absolute Gasteiger partial charge is 0.243 e. The van der Waals surface area contributed by atoms with Crippen LogP contribution < -0.4 is 10.6 Å². The fourth-order valence-corrected chi connectivity index (χ4v) is 5.45. The van der Waals surface area contributed by atoms with Crippen molar-refractivity contribution in [3.63, 3.8) is 0 Å². The number of hydrogen-bond acceptors (Lipinski definition) is 2. The van der Waals surface area contributed by atoms with E-state index in [4.69, 9.17) is 0 Å². The summed E-state index contributed by atoms with van der Waals surface area (Å²) in [5.74, 6) is 5.35. The molecular formula is C16H26N2O. The lowest BCUT2D eigenvalue weighted by Gasteiger charge is -2.34. The van der Waals surface area contributed by atoms with E-state index in [1.807, 2.05) is 0 Å². The first kappa shape index (κ1) is 13.2. The van der Waals surface area contributed by atoms with E-state index >= 15 is 0 Å². The van der Waals surface area contributed by atoms with Crippen molar-refractivity contribution in [2.45, 2.75) is 25.7 Å². The maximum Gasteiger partial charge on any atom is 0.243 e. The standard InChI is InChI=1S/C16H26N2O/c1-3-15(19)18-9-12-6-11-7-14(12)13-5-4-10(8-17-2)16(11)13/h3,10-14,16-17H,1,4-9H2,2H3,(H,18,19). The highest BCUT2D eigenvalue weighted by Gasteiger charge is 2.56. The molecule has 3 fully saturated rings. The first-order chi connectivity index (χ1) is 9.24. The van der Waals surface area contributed by atoms with Crippen LogP contribution in [0.5, 0.6) is 0 Å². The molecule has 0 heterocycles. The molecule has 3 saturated carbocycles. The summed E-state index contributed by atoms with van der Waals surface area (Å²) < 4.78 is 0. The van der Waals surface area contributed by atoms with Gasteiger partial charge in [0.05, 0.1) is 0 Å². The first-order valence-electron chi connectivity index (χ1n) is 7.79. The molecule has 6 unspecified atom stereocenters. The van der Waals surface area contributed by atoms with Gasteiger partial charge in [0.1, 0.15) is 0 Å². The maximum absolute atomic E-state index is 11.3. The van der Waals surface area contributed by atoms with Crippen molar-refractivity contribution in [3.05, 3.63) is 12.7 Å². The van der Waals surface area contributed by atoms with Crippen molar-refractivity contribution < 1.29 is 4.79 Å². The lowest BCUT2D eigenvalue weighted by Crippen LogP contribution is -2.36. The Balaban J connectivity index is 1.59. The van der Waals surface area contributed by atoms with Crippen LogP contribution >= 0.6 is 0 Å². The SMILES string of the molecule is C=CC(=O)NCC1CC2CC1C1CCC(CNC)C21. The molecular weight excluding hydrogens is 236 g/mol. The summed E-state index contributed by atoms with van der Waals surface area (Å²) in [6, 6.07) is 0. The van der Waals surface area contributed by atoms with Gasteiger partial charge in [-0.2, -0.15) is 0 Å². The van der Waals surface area contributed by atoms with Crippen LogP contribution in [0.4, 0.5) is 0 Å². The van der Waals surface area contributed by atoms with Crippen molar-refractivity contribution in [2.24, 2.45) is 35.5 Å². The van der Waals surface area contributed by atoms with E-state index in [-0.39, 0.29) is 5.91 Å². The van der Waals surface area contributed by atoms with Crippen molar-refractivity contribution in [1.29, 1.82) is 0 Å². The molecule has 19 heavy (non-hydrogen) atoms. The molecule has 0 saturated heterocycles. The summed E-state index contributed by atoms with van der Waals surface area (Å²) in [6.45, 7) is 5.58. The minimum absolute atomic E-state index is 0.0150. The Morgan fingerprint density at radius 3 is 2.79 bits per heavy atom. The maximum atomic E-state index is 11.3. The monoisotopic (exact) mass is 262 g/mol. The van der Waals surface area contributed by atoms with Gasteiger partial charge in [-0.1, -0.05) is 6.58 Å². The van der Waals surface area contributed by atoms with Crippen molar-refractivity contribution in [3.8, 4) is 0 Å². The van der Waals surface area contributed by atoms with Crippen molar-refractivity contribution in [1.82, 2.24) is 10.6 Å². The number of nitrogens with one attached hydrogen (secondary N) is 2. The molecule has 0 spiro atoms. The van der Waals surface area contributed by atoms with E-state index < -0.39 is 0 Å². The van der Waals surface area contributed by atoms with Gasteiger partial charge in [0.25, 0.3) is 0 Å². The molecule has 0 aromatic carbocycles. The van der Waals surface area contributed by atoms with Crippen LogP contribution in [0.15, 0.2) is 12.7 Å². The van der Waals surface area contributed by atoms with Gasteiger partial charge in [0.15, 0.2) is 0 Å². The minimum atomic E-state index is -0.0150. The molecule has 0 aromatic rings. The Kier molecular flexibility index (Phi) is 3.66. The summed E-state index contributed by atoms with van der Waals surface area (Å²) in [7, 11) is 2.08. The van der Waals surface area contributed by atoms with Gasteiger partial charge in [-0.25, -0.2) is 0 Å². The van der Waals surface area contributed by atoms with Gasteiger partial charge in [0.2, 0.25) is 5.91 Å². The Bertz CT molecular complexity index is 368. The van der Waals surface area contributed by atoms with Gasteiger partial charge in [0, 0.05) is 6.54 Å². The van der Waals surface area contributed by atoms with Gasteiger partial charge >= 0.3 is 0 Å². The third-order valence-electron chi connectivity index (χ3n) is 5.98. The van der Waals surface area contributed by atoms with Crippen LogP contribution in [-0.4, -0.2) is 26.0 Å². The summed E-state index contributed by atoms with van der Waals surface area (Å²) in [6.07, 6.45) is 6.97. The number of amides is 1. The van der Waals surface area contributed by atoms with E-state index in [9.17, 15) is 4.79 Å². The molecule has 3 nitrogen and oxygen atoms in total. The van der Waals surface area contributed by atoms with Crippen LogP contribution in [0.2, 0.25) is 0 Å². The molecule has 0 aromatic heterocycles. The molecule has 106 valence electrons. The second-order valence-corrected chi connectivity index (χ2v) is 6.74. The molecule has 3 rings (SSSR count). The van der Waals surface area contributed by atoms with Crippen LogP contribution in [-0.2, 0) is 4.79 Å². The van der Waals surface area contributed by atoms with Crippen LogP contribution in [0.3, 0.4) is 0 Å². The molecule has 3 aliphatic rings. The van der Waals surface area contributed by atoms with E-state index in [0.717, 1.165) is 42.1 Å². The summed E-state index contributed by atoms with van der Waals surface area (Å²) in [5, 5.41) is 6.38. The highest BCUT2D eigenvalue weighted by molar-refractivity contribution is 5.86. The van der Waals surface area contributed by atoms with Crippen LogP contribution in [0.1, 0.15) is 25.7 Å². The summed E-state index contributed by atoms with van der Waals surface area (Å²) >= 11 is 0. The predicted octanol–water partition coefficient (Wildman–Crippen LogP) is 1.81. The number of rotatable bonds is 5. The van der Waals surface area contributed by atoms with Gasteiger partial charge in [-0.05, 0) is 80.9 Å². The Hall–Kier alpha value is -0.830. The fourth-order valence-electron chi connectivity index (χ4n) is 5.45. The van der Waals surface area contributed by atoms with E-state index in [1.54, 1.807) is 0 Å². The number of carbonyl (C=O) groups excluding carboxylic acids is 1. The van der Waals surface area contributed by atoms with Gasteiger partial charge in [-0.15, -0.1) is 0 Å². The fraction of sp³-hybridized carbons (Fsp3) is 0.812. The number of hydrogen-bond donors (Lipinski definition) is 2. The second-order valence-electron chi connectivity index (χ2n) is 6.74. The van der Waals surface area contributed by atoms with Crippen LogP contribution in [0.25, 0.3) is 0 Å². The molecule has 2 N–H and O–H groups in total. The summed E-state index contributed by atoms with van der Waals surface area (Å²) in [4.78, 5) is 11.3. The Labute approximate surface area is 116 Å². The zero-order valence-electron chi connectivity index (χ0n) is 11.9. The molecule has 6 atom stereocenters. The molecule has 3 aliphatic carbocycles. The lowest BCUT2D eigenvalue weighted by atomic mass is 9.73. The molecule has 2 bridgehead atoms. The Morgan fingerprint density at radius 1 is 1.21 bits per heavy atom.